The molecule has 1 aromatic carbocycles. The molecule has 154 valence electrons. The van der Waals surface area contributed by atoms with Crippen molar-refractivity contribution < 1.29 is 14.3 Å². The van der Waals surface area contributed by atoms with Gasteiger partial charge < -0.3 is 15.0 Å². The molecule has 0 saturated carbocycles. The summed E-state index contributed by atoms with van der Waals surface area (Å²) in [5.74, 6) is 0.198. The predicted molar refractivity (Wildman–Crippen MR) is 113 cm³/mol. The quantitative estimate of drug-likeness (QED) is 0.780. The number of pyridine rings is 1. The van der Waals surface area contributed by atoms with Gasteiger partial charge in [0, 0.05) is 24.3 Å². The number of likely N-dealkylation sites (tertiary alicyclic amines) is 1. The highest BCUT2D eigenvalue weighted by atomic mass is 16.5. The van der Waals surface area contributed by atoms with Crippen LogP contribution in [-0.4, -0.2) is 40.4 Å². The zero-order valence-corrected chi connectivity index (χ0v) is 17.4. The van der Waals surface area contributed by atoms with Gasteiger partial charge >= 0.3 is 0 Å². The van der Waals surface area contributed by atoms with Crippen molar-refractivity contribution in [3.8, 4) is 5.75 Å². The number of carbonyl (C=O) groups excluding carboxylic acids is 2. The molecular formula is C23H29N3O3. The molecule has 1 aliphatic heterocycles. The molecule has 6 nitrogen and oxygen atoms in total. The maximum Gasteiger partial charge on any atom is 0.274 e. The lowest BCUT2D eigenvalue weighted by Gasteiger charge is -2.35. The summed E-state index contributed by atoms with van der Waals surface area (Å²) in [6.45, 7) is 6.73. The van der Waals surface area contributed by atoms with Crippen LogP contribution in [0.2, 0.25) is 0 Å². The lowest BCUT2D eigenvalue weighted by Crippen LogP contribution is -2.43. The van der Waals surface area contributed by atoms with Crippen LogP contribution in [0.15, 0.2) is 42.6 Å². The molecule has 1 unspecified atom stereocenters. The molecule has 0 bridgehead atoms. The van der Waals surface area contributed by atoms with Gasteiger partial charge in [-0.3, -0.25) is 14.6 Å². The number of nitrogens with zero attached hydrogens (tertiary/aromatic N) is 2. The fourth-order valence-corrected chi connectivity index (χ4v) is 3.66. The molecule has 0 aliphatic carbocycles. The van der Waals surface area contributed by atoms with Gasteiger partial charge in [-0.1, -0.05) is 19.1 Å². The minimum Gasteiger partial charge on any atom is -0.489 e. The summed E-state index contributed by atoms with van der Waals surface area (Å²) in [4.78, 5) is 31.9. The molecule has 2 amide bonds. The second-order valence-electron chi connectivity index (χ2n) is 7.60. The Kier molecular flexibility index (Phi) is 6.86. The van der Waals surface area contributed by atoms with Gasteiger partial charge in [0.05, 0.1) is 11.8 Å². The molecular weight excluding hydrogens is 366 g/mol. The summed E-state index contributed by atoms with van der Waals surface area (Å²) < 4.78 is 5.75. The van der Waals surface area contributed by atoms with Gasteiger partial charge in [0.2, 0.25) is 0 Å². The van der Waals surface area contributed by atoms with E-state index in [9.17, 15) is 9.59 Å². The van der Waals surface area contributed by atoms with Gasteiger partial charge in [0.25, 0.3) is 11.8 Å². The minimum absolute atomic E-state index is 0.0109. The van der Waals surface area contributed by atoms with Crippen molar-refractivity contribution in [3.05, 3.63) is 53.9 Å². The number of carbonyl (C=O) groups is 2. The predicted octanol–water partition coefficient (Wildman–Crippen LogP) is 4.53. The minimum atomic E-state index is -0.370. The first kappa shape index (κ1) is 20.8. The lowest BCUT2D eigenvalue weighted by molar-refractivity contribution is 0.0608. The summed E-state index contributed by atoms with van der Waals surface area (Å²) in [7, 11) is 0. The van der Waals surface area contributed by atoms with Gasteiger partial charge in [-0.2, -0.15) is 0 Å². The number of ether oxygens (including phenoxy) is 1. The zero-order valence-electron chi connectivity index (χ0n) is 17.4. The highest BCUT2D eigenvalue weighted by Crippen LogP contribution is 2.26. The van der Waals surface area contributed by atoms with Crippen LogP contribution in [0.1, 0.15) is 67.3 Å². The second kappa shape index (κ2) is 9.54. The van der Waals surface area contributed by atoms with Gasteiger partial charge in [0.1, 0.15) is 11.4 Å². The SMILES string of the molecule is CCC1CCCCN1C(=O)c1ccnc(C(=O)Nc2ccccc2OC(C)C)c1. The van der Waals surface area contributed by atoms with Crippen molar-refractivity contribution in [2.45, 2.75) is 58.6 Å². The third-order valence-electron chi connectivity index (χ3n) is 5.10. The molecule has 0 radical (unpaired) electrons. The lowest BCUT2D eigenvalue weighted by atomic mass is 9.99. The Hall–Kier alpha value is -2.89. The van der Waals surface area contributed by atoms with Crippen LogP contribution in [0.3, 0.4) is 0 Å². The largest absolute Gasteiger partial charge is 0.489 e. The third-order valence-corrected chi connectivity index (χ3v) is 5.10. The van der Waals surface area contributed by atoms with Crippen molar-refractivity contribution >= 4 is 17.5 Å². The summed E-state index contributed by atoms with van der Waals surface area (Å²) in [6, 6.07) is 10.8. The van der Waals surface area contributed by atoms with E-state index in [-0.39, 0.29) is 29.7 Å². The number of nitrogens with one attached hydrogen (secondary N) is 1. The Labute approximate surface area is 172 Å². The highest BCUT2D eigenvalue weighted by Gasteiger charge is 2.26. The first-order valence-corrected chi connectivity index (χ1v) is 10.3. The van der Waals surface area contributed by atoms with Crippen LogP contribution in [0, 0.1) is 0 Å². The molecule has 1 saturated heterocycles. The molecule has 1 atom stereocenters. The summed E-state index contributed by atoms with van der Waals surface area (Å²) in [5, 5.41) is 2.85. The van der Waals surface area contributed by atoms with E-state index in [1.165, 1.54) is 6.20 Å². The van der Waals surface area contributed by atoms with E-state index in [0.717, 1.165) is 32.2 Å². The van der Waals surface area contributed by atoms with E-state index < -0.39 is 0 Å². The molecule has 6 heteroatoms. The van der Waals surface area contributed by atoms with Crippen LogP contribution in [0.4, 0.5) is 5.69 Å². The first-order chi connectivity index (χ1) is 14.0. The van der Waals surface area contributed by atoms with Crippen molar-refractivity contribution in [2.24, 2.45) is 0 Å². The van der Waals surface area contributed by atoms with Crippen LogP contribution in [-0.2, 0) is 0 Å². The van der Waals surface area contributed by atoms with E-state index in [2.05, 4.69) is 17.2 Å². The Bertz CT molecular complexity index is 866. The number of hydrogen-bond donors (Lipinski definition) is 1. The van der Waals surface area contributed by atoms with Gasteiger partial charge in [-0.15, -0.1) is 0 Å². The summed E-state index contributed by atoms with van der Waals surface area (Å²) >= 11 is 0. The Balaban J connectivity index is 1.77. The average Bonchev–Trinajstić information content (AvgIpc) is 2.74. The molecule has 0 spiro atoms. The van der Waals surface area contributed by atoms with Crippen molar-refractivity contribution in [1.29, 1.82) is 0 Å². The number of hydrogen-bond acceptors (Lipinski definition) is 4. The van der Waals surface area contributed by atoms with Crippen LogP contribution >= 0.6 is 0 Å². The number of piperidine rings is 1. The molecule has 1 N–H and O–H groups in total. The summed E-state index contributed by atoms with van der Waals surface area (Å²) in [5.41, 5.74) is 1.28. The van der Waals surface area contributed by atoms with E-state index >= 15 is 0 Å². The molecule has 1 aromatic heterocycles. The topological polar surface area (TPSA) is 71.5 Å². The van der Waals surface area contributed by atoms with Gasteiger partial charge in [-0.25, -0.2) is 0 Å². The van der Waals surface area contributed by atoms with E-state index in [1.54, 1.807) is 18.2 Å². The standard InChI is InChI=1S/C23H29N3O3/c1-4-18-9-7-8-14-26(18)23(28)17-12-13-24-20(15-17)22(27)25-19-10-5-6-11-21(19)29-16(2)3/h5-6,10-13,15-16,18H,4,7-9,14H2,1-3H3,(H,25,27). The monoisotopic (exact) mass is 395 g/mol. The summed E-state index contributed by atoms with van der Waals surface area (Å²) in [6.07, 6.45) is 5.66. The number of anilines is 1. The zero-order chi connectivity index (χ0) is 20.8. The molecule has 2 aromatic rings. The average molecular weight is 396 g/mol. The maximum absolute atomic E-state index is 13.0. The number of benzene rings is 1. The molecule has 3 rings (SSSR count). The van der Waals surface area contributed by atoms with Crippen molar-refractivity contribution in [1.82, 2.24) is 9.88 Å². The molecule has 1 fully saturated rings. The second-order valence-corrected chi connectivity index (χ2v) is 7.60. The normalized spacial score (nSPS) is 16.6. The van der Waals surface area contributed by atoms with Crippen molar-refractivity contribution in [3.63, 3.8) is 0 Å². The fourth-order valence-electron chi connectivity index (χ4n) is 3.66. The number of rotatable bonds is 6. The Morgan fingerprint density at radius 1 is 1.24 bits per heavy atom. The van der Waals surface area contributed by atoms with Crippen LogP contribution < -0.4 is 10.1 Å². The third kappa shape index (κ3) is 5.13. The Morgan fingerprint density at radius 2 is 2.03 bits per heavy atom. The number of aromatic nitrogens is 1. The Morgan fingerprint density at radius 3 is 2.79 bits per heavy atom. The van der Waals surface area contributed by atoms with Crippen LogP contribution in [0.25, 0.3) is 0 Å². The fraction of sp³-hybridized carbons (Fsp3) is 0.435. The number of para-hydroxylation sites is 2. The first-order valence-electron chi connectivity index (χ1n) is 10.3. The van der Waals surface area contributed by atoms with E-state index in [0.29, 0.717) is 17.0 Å². The number of amides is 2. The van der Waals surface area contributed by atoms with Crippen molar-refractivity contribution in [2.75, 3.05) is 11.9 Å². The van der Waals surface area contributed by atoms with E-state index in [1.807, 2.05) is 36.9 Å². The molecule has 1 aliphatic rings. The van der Waals surface area contributed by atoms with Gasteiger partial charge in [-0.05, 0) is 63.8 Å². The van der Waals surface area contributed by atoms with Crippen LogP contribution in [0.5, 0.6) is 5.75 Å². The maximum atomic E-state index is 13.0. The molecule has 2 heterocycles. The van der Waals surface area contributed by atoms with E-state index in [4.69, 9.17) is 4.74 Å². The smallest absolute Gasteiger partial charge is 0.274 e. The molecule has 29 heavy (non-hydrogen) atoms. The van der Waals surface area contributed by atoms with Gasteiger partial charge in [0.15, 0.2) is 0 Å². The highest BCUT2D eigenvalue weighted by molar-refractivity contribution is 6.05.